The van der Waals surface area contributed by atoms with Gasteiger partial charge < -0.3 is 16.0 Å². The van der Waals surface area contributed by atoms with E-state index < -0.39 is 5.82 Å². The van der Waals surface area contributed by atoms with Gasteiger partial charge in [-0.05, 0) is 43.5 Å². The first-order valence-corrected chi connectivity index (χ1v) is 7.65. The molecule has 1 aromatic carbocycles. The lowest BCUT2D eigenvalue weighted by Crippen LogP contribution is -2.34. The van der Waals surface area contributed by atoms with Crippen LogP contribution in [0.15, 0.2) is 18.2 Å². The third-order valence-corrected chi connectivity index (χ3v) is 4.11. The standard InChI is InChI=1S/C16H24FN3O/c1-2-20(11-12-4-3-5-12)9-8-16(21)19-15-10-13(18)6-7-14(15)17/h6-7,10,12H,2-5,8-9,11,18H2,1H3,(H,19,21). The summed E-state index contributed by atoms with van der Waals surface area (Å²) in [6.45, 7) is 4.82. The Morgan fingerprint density at radius 2 is 2.24 bits per heavy atom. The van der Waals surface area contributed by atoms with Gasteiger partial charge >= 0.3 is 0 Å². The Kier molecular flexibility index (Phi) is 5.56. The van der Waals surface area contributed by atoms with Crippen molar-refractivity contribution in [2.75, 3.05) is 30.7 Å². The largest absolute Gasteiger partial charge is 0.399 e. The fraction of sp³-hybridized carbons (Fsp3) is 0.562. The summed E-state index contributed by atoms with van der Waals surface area (Å²) in [5.74, 6) is 0.158. The summed E-state index contributed by atoms with van der Waals surface area (Å²) in [4.78, 5) is 14.2. The molecule has 21 heavy (non-hydrogen) atoms. The molecule has 0 heterocycles. The number of rotatable bonds is 7. The quantitative estimate of drug-likeness (QED) is 0.760. The van der Waals surface area contributed by atoms with Crippen molar-refractivity contribution < 1.29 is 9.18 Å². The summed E-state index contributed by atoms with van der Waals surface area (Å²) in [6.07, 6.45) is 4.31. The molecule has 0 saturated heterocycles. The van der Waals surface area contributed by atoms with Crippen molar-refractivity contribution in [2.24, 2.45) is 5.92 Å². The van der Waals surface area contributed by atoms with Gasteiger partial charge in [-0.2, -0.15) is 0 Å². The van der Waals surface area contributed by atoms with E-state index in [2.05, 4.69) is 17.1 Å². The molecule has 5 heteroatoms. The van der Waals surface area contributed by atoms with Gasteiger partial charge in [0.2, 0.25) is 5.91 Å². The number of carbonyl (C=O) groups is 1. The molecule has 2 rings (SSSR count). The first-order chi connectivity index (χ1) is 10.1. The van der Waals surface area contributed by atoms with Crippen LogP contribution in [0.4, 0.5) is 15.8 Å². The maximum absolute atomic E-state index is 13.5. The molecule has 1 aliphatic rings. The van der Waals surface area contributed by atoms with Crippen molar-refractivity contribution in [1.82, 2.24) is 4.90 Å². The van der Waals surface area contributed by atoms with E-state index in [1.165, 1.54) is 37.5 Å². The topological polar surface area (TPSA) is 58.4 Å². The van der Waals surface area contributed by atoms with E-state index in [-0.39, 0.29) is 11.6 Å². The van der Waals surface area contributed by atoms with Gasteiger partial charge in [-0.3, -0.25) is 4.79 Å². The highest BCUT2D eigenvalue weighted by Crippen LogP contribution is 2.27. The number of hydrogen-bond donors (Lipinski definition) is 2. The summed E-state index contributed by atoms with van der Waals surface area (Å²) < 4.78 is 13.5. The molecule has 116 valence electrons. The van der Waals surface area contributed by atoms with Crippen LogP contribution in [0.25, 0.3) is 0 Å². The number of amides is 1. The molecule has 0 aromatic heterocycles. The average molecular weight is 293 g/mol. The number of nitrogens with two attached hydrogens (primary N) is 1. The van der Waals surface area contributed by atoms with E-state index in [4.69, 9.17) is 5.73 Å². The predicted molar refractivity (Wildman–Crippen MR) is 83.5 cm³/mol. The van der Waals surface area contributed by atoms with E-state index in [1.54, 1.807) is 0 Å². The molecular weight excluding hydrogens is 269 g/mol. The predicted octanol–water partition coefficient (Wildman–Crippen LogP) is 2.86. The zero-order valence-corrected chi connectivity index (χ0v) is 12.6. The van der Waals surface area contributed by atoms with E-state index in [0.29, 0.717) is 18.7 Å². The summed E-state index contributed by atoms with van der Waals surface area (Å²) in [5, 5.41) is 2.59. The van der Waals surface area contributed by atoms with Gasteiger partial charge in [0.1, 0.15) is 5.82 Å². The molecule has 0 radical (unpaired) electrons. The highest BCUT2D eigenvalue weighted by atomic mass is 19.1. The molecule has 1 aromatic rings. The number of nitrogens with zero attached hydrogens (tertiary/aromatic N) is 1. The average Bonchev–Trinajstić information content (AvgIpc) is 2.41. The number of anilines is 2. The Morgan fingerprint density at radius 1 is 1.48 bits per heavy atom. The Balaban J connectivity index is 1.79. The Bertz CT molecular complexity index is 488. The SMILES string of the molecule is CCN(CCC(=O)Nc1cc(N)ccc1F)CC1CCC1. The fourth-order valence-corrected chi connectivity index (χ4v) is 2.53. The molecule has 0 aliphatic heterocycles. The third-order valence-electron chi connectivity index (χ3n) is 4.11. The van der Waals surface area contributed by atoms with Gasteiger partial charge in [0.15, 0.2) is 0 Å². The zero-order valence-electron chi connectivity index (χ0n) is 12.6. The highest BCUT2D eigenvalue weighted by molar-refractivity contribution is 5.91. The van der Waals surface area contributed by atoms with Crippen LogP contribution in [0.1, 0.15) is 32.6 Å². The number of nitrogen functional groups attached to an aromatic ring is 1. The van der Waals surface area contributed by atoms with Crippen molar-refractivity contribution in [2.45, 2.75) is 32.6 Å². The van der Waals surface area contributed by atoms with Crippen molar-refractivity contribution in [3.8, 4) is 0 Å². The van der Waals surface area contributed by atoms with Gasteiger partial charge in [-0.25, -0.2) is 4.39 Å². The minimum atomic E-state index is -0.459. The van der Waals surface area contributed by atoms with Gasteiger partial charge in [0, 0.05) is 25.2 Å². The molecule has 1 saturated carbocycles. The Labute approximate surface area is 125 Å². The summed E-state index contributed by atoms with van der Waals surface area (Å²) >= 11 is 0. The molecule has 3 N–H and O–H groups in total. The first kappa shape index (κ1) is 15.8. The second kappa shape index (κ2) is 7.41. The maximum Gasteiger partial charge on any atom is 0.225 e. The lowest BCUT2D eigenvalue weighted by Gasteiger charge is -2.31. The van der Waals surface area contributed by atoms with Crippen molar-refractivity contribution in [3.63, 3.8) is 0 Å². The molecule has 1 aliphatic carbocycles. The maximum atomic E-state index is 13.5. The number of nitrogens with one attached hydrogen (secondary N) is 1. The van der Waals surface area contributed by atoms with Crippen molar-refractivity contribution in [1.29, 1.82) is 0 Å². The van der Waals surface area contributed by atoms with Crippen LogP contribution in [0.5, 0.6) is 0 Å². The number of halogens is 1. The number of carbonyl (C=O) groups excluding carboxylic acids is 1. The molecule has 4 nitrogen and oxygen atoms in total. The minimum absolute atomic E-state index is 0.155. The van der Waals surface area contributed by atoms with Crippen molar-refractivity contribution in [3.05, 3.63) is 24.0 Å². The molecule has 0 spiro atoms. The van der Waals surface area contributed by atoms with Gasteiger partial charge in [-0.15, -0.1) is 0 Å². The molecule has 1 amide bonds. The van der Waals surface area contributed by atoms with Crippen molar-refractivity contribution >= 4 is 17.3 Å². The molecule has 0 unspecified atom stereocenters. The number of hydrogen-bond acceptors (Lipinski definition) is 3. The van der Waals surface area contributed by atoms with Gasteiger partial charge in [0.05, 0.1) is 5.69 Å². The van der Waals surface area contributed by atoms with Crippen LogP contribution in [0, 0.1) is 11.7 Å². The lowest BCUT2D eigenvalue weighted by atomic mass is 9.85. The zero-order chi connectivity index (χ0) is 15.2. The summed E-state index contributed by atoms with van der Waals surface area (Å²) in [6, 6.07) is 4.18. The Hall–Kier alpha value is -1.62. The highest BCUT2D eigenvalue weighted by Gasteiger charge is 2.20. The van der Waals surface area contributed by atoms with E-state index in [0.717, 1.165) is 19.0 Å². The van der Waals surface area contributed by atoms with Gasteiger partial charge in [-0.1, -0.05) is 13.3 Å². The summed E-state index contributed by atoms with van der Waals surface area (Å²) in [5.41, 5.74) is 6.19. The third kappa shape index (κ3) is 4.70. The second-order valence-corrected chi connectivity index (χ2v) is 5.73. The second-order valence-electron chi connectivity index (χ2n) is 5.73. The first-order valence-electron chi connectivity index (χ1n) is 7.65. The van der Waals surface area contributed by atoms with Crippen LogP contribution < -0.4 is 11.1 Å². The van der Waals surface area contributed by atoms with Crippen LogP contribution in [0.3, 0.4) is 0 Å². The lowest BCUT2D eigenvalue weighted by molar-refractivity contribution is -0.116. The molecular formula is C16H24FN3O. The van der Waals surface area contributed by atoms with Crippen LogP contribution >= 0.6 is 0 Å². The Morgan fingerprint density at radius 3 is 2.86 bits per heavy atom. The summed E-state index contributed by atoms with van der Waals surface area (Å²) in [7, 11) is 0. The van der Waals surface area contributed by atoms with Gasteiger partial charge in [0.25, 0.3) is 0 Å². The molecule has 0 atom stereocenters. The minimum Gasteiger partial charge on any atom is -0.399 e. The number of benzene rings is 1. The smallest absolute Gasteiger partial charge is 0.225 e. The monoisotopic (exact) mass is 293 g/mol. The van der Waals surface area contributed by atoms with Crippen LogP contribution in [-0.4, -0.2) is 30.4 Å². The van der Waals surface area contributed by atoms with E-state index >= 15 is 0 Å². The molecule has 1 fully saturated rings. The molecule has 0 bridgehead atoms. The van der Waals surface area contributed by atoms with E-state index in [9.17, 15) is 9.18 Å². The fourth-order valence-electron chi connectivity index (χ4n) is 2.53. The van der Waals surface area contributed by atoms with Crippen LogP contribution in [0.2, 0.25) is 0 Å². The normalized spacial score (nSPS) is 15.0. The van der Waals surface area contributed by atoms with E-state index in [1.807, 2.05) is 0 Å². The van der Waals surface area contributed by atoms with Crippen LogP contribution in [-0.2, 0) is 4.79 Å².